The third kappa shape index (κ3) is 5.19. The molecule has 0 unspecified atom stereocenters. The minimum atomic E-state index is -0.704. The van der Waals surface area contributed by atoms with Gasteiger partial charge in [-0.15, -0.1) is 0 Å². The number of rotatable bonds is 10. The zero-order valence-electron chi connectivity index (χ0n) is 21.3. The van der Waals surface area contributed by atoms with Crippen LogP contribution in [0.5, 0.6) is 0 Å². The van der Waals surface area contributed by atoms with Gasteiger partial charge in [-0.1, -0.05) is 27.2 Å². The molecule has 4 saturated carbocycles. The standard InChI is InChI=1S/C26H40N4O5/c1-4-5-7-30-22(27)21(23(32)28-25(30)34)29(8-6-16(2)3)20(31)15-35-24(33)26-12-17-9-18(13-26)11-19(10-17)14-26/h16-19H,4-15,27H2,1-3H3,(H,28,32,34). The molecule has 1 aromatic heterocycles. The number of nitrogens with zero attached hydrogens (tertiary/aromatic N) is 2. The molecule has 1 amide bonds. The molecule has 0 atom stereocenters. The number of unbranched alkanes of at least 4 members (excludes halogenated alkanes) is 1. The lowest BCUT2D eigenvalue weighted by atomic mass is 9.49. The first-order valence-corrected chi connectivity index (χ1v) is 13.2. The Labute approximate surface area is 206 Å². The second kappa shape index (κ2) is 10.2. The quantitative estimate of drug-likeness (QED) is 0.487. The summed E-state index contributed by atoms with van der Waals surface area (Å²) < 4.78 is 6.95. The fourth-order valence-corrected chi connectivity index (χ4v) is 6.84. The highest BCUT2D eigenvalue weighted by molar-refractivity contribution is 5.97. The molecular formula is C26H40N4O5. The van der Waals surface area contributed by atoms with E-state index in [1.807, 2.05) is 20.8 Å². The lowest BCUT2D eigenvalue weighted by Crippen LogP contribution is -2.51. The average Bonchev–Trinajstić information content (AvgIpc) is 2.78. The highest BCUT2D eigenvalue weighted by Crippen LogP contribution is 2.60. The van der Waals surface area contributed by atoms with E-state index in [1.165, 1.54) is 28.7 Å². The molecule has 1 heterocycles. The summed E-state index contributed by atoms with van der Waals surface area (Å²) in [5.41, 5.74) is 4.48. The van der Waals surface area contributed by atoms with Crippen molar-refractivity contribution in [3.63, 3.8) is 0 Å². The molecule has 4 bridgehead atoms. The number of H-pyrrole nitrogens is 1. The number of aromatic amines is 1. The number of nitrogens with two attached hydrogens (primary N) is 1. The second-order valence-corrected chi connectivity index (χ2v) is 11.5. The smallest absolute Gasteiger partial charge is 0.330 e. The van der Waals surface area contributed by atoms with E-state index in [9.17, 15) is 19.2 Å². The van der Waals surface area contributed by atoms with E-state index in [-0.39, 0.29) is 29.9 Å². The van der Waals surface area contributed by atoms with Crippen molar-refractivity contribution in [2.24, 2.45) is 29.1 Å². The van der Waals surface area contributed by atoms with E-state index in [4.69, 9.17) is 10.5 Å². The maximum absolute atomic E-state index is 13.4. The van der Waals surface area contributed by atoms with Crippen molar-refractivity contribution in [3.05, 3.63) is 20.8 Å². The molecular weight excluding hydrogens is 448 g/mol. The van der Waals surface area contributed by atoms with Crippen molar-refractivity contribution in [1.82, 2.24) is 9.55 Å². The van der Waals surface area contributed by atoms with Gasteiger partial charge >= 0.3 is 11.7 Å². The number of ether oxygens (including phenoxy) is 1. The van der Waals surface area contributed by atoms with Gasteiger partial charge in [0, 0.05) is 13.1 Å². The van der Waals surface area contributed by atoms with Crippen LogP contribution in [0.15, 0.2) is 9.59 Å². The Hall–Kier alpha value is -2.58. The molecule has 5 rings (SSSR count). The molecule has 9 heteroatoms. The van der Waals surface area contributed by atoms with Crippen LogP contribution >= 0.6 is 0 Å². The molecule has 9 nitrogen and oxygen atoms in total. The van der Waals surface area contributed by atoms with Gasteiger partial charge in [0.25, 0.3) is 11.5 Å². The number of nitrogens with one attached hydrogen (secondary N) is 1. The number of carbonyl (C=O) groups excluding carboxylic acids is 2. The molecule has 0 saturated heterocycles. The largest absolute Gasteiger partial charge is 0.455 e. The normalized spacial score (nSPS) is 26.8. The number of hydrogen-bond acceptors (Lipinski definition) is 6. The molecule has 35 heavy (non-hydrogen) atoms. The number of carbonyl (C=O) groups is 2. The molecule has 0 aliphatic heterocycles. The van der Waals surface area contributed by atoms with E-state index < -0.39 is 29.2 Å². The number of amides is 1. The summed E-state index contributed by atoms with van der Waals surface area (Å²) in [6.07, 6.45) is 8.39. The van der Waals surface area contributed by atoms with Gasteiger partial charge in [-0.3, -0.25) is 23.9 Å². The van der Waals surface area contributed by atoms with Crippen molar-refractivity contribution < 1.29 is 14.3 Å². The summed E-state index contributed by atoms with van der Waals surface area (Å²) in [7, 11) is 0. The SMILES string of the molecule is CCCCn1c(N)c(N(CCC(C)C)C(=O)COC(=O)C23CC4CC(CC(C4)C2)C3)c(=O)[nH]c1=O. The van der Waals surface area contributed by atoms with Gasteiger partial charge in [-0.05, 0) is 75.0 Å². The third-order valence-corrected chi connectivity index (χ3v) is 8.25. The zero-order valence-corrected chi connectivity index (χ0v) is 21.3. The van der Waals surface area contributed by atoms with Crippen LogP contribution in [0.25, 0.3) is 0 Å². The van der Waals surface area contributed by atoms with Crippen LogP contribution in [0, 0.1) is 29.1 Å². The van der Waals surface area contributed by atoms with Gasteiger partial charge < -0.3 is 15.4 Å². The molecule has 4 aliphatic rings. The van der Waals surface area contributed by atoms with Gasteiger partial charge in [0.2, 0.25) is 0 Å². The minimum absolute atomic E-state index is 0.0308. The molecule has 0 spiro atoms. The predicted octanol–water partition coefficient (Wildman–Crippen LogP) is 3.06. The van der Waals surface area contributed by atoms with Crippen molar-refractivity contribution in [2.45, 2.75) is 85.1 Å². The maximum atomic E-state index is 13.4. The van der Waals surface area contributed by atoms with Crippen molar-refractivity contribution in [2.75, 3.05) is 23.8 Å². The van der Waals surface area contributed by atoms with Crippen molar-refractivity contribution in [1.29, 1.82) is 0 Å². The van der Waals surface area contributed by atoms with Crippen LogP contribution in [-0.2, 0) is 20.9 Å². The Bertz CT molecular complexity index is 1040. The van der Waals surface area contributed by atoms with Crippen molar-refractivity contribution >= 4 is 23.4 Å². The summed E-state index contributed by atoms with van der Waals surface area (Å²) in [5, 5.41) is 0. The first-order valence-electron chi connectivity index (χ1n) is 13.2. The Morgan fingerprint density at radius 3 is 2.29 bits per heavy atom. The Morgan fingerprint density at radius 1 is 1.14 bits per heavy atom. The number of aromatic nitrogens is 2. The van der Waals surface area contributed by atoms with Crippen LogP contribution in [0.4, 0.5) is 11.5 Å². The lowest BCUT2D eigenvalue weighted by Gasteiger charge is -2.55. The van der Waals surface area contributed by atoms with E-state index in [0.717, 1.165) is 25.7 Å². The maximum Gasteiger partial charge on any atom is 0.330 e. The topological polar surface area (TPSA) is 127 Å². The molecule has 4 aliphatic carbocycles. The fourth-order valence-electron chi connectivity index (χ4n) is 6.84. The molecule has 4 fully saturated rings. The van der Waals surface area contributed by atoms with Gasteiger partial charge in [-0.25, -0.2) is 4.79 Å². The third-order valence-electron chi connectivity index (χ3n) is 8.25. The monoisotopic (exact) mass is 488 g/mol. The second-order valence-electron chi connectivity index (χ2n) is 11.5. The van der Waals surface area contributed by atoms with Crippen LogP contribution in [0.3, 0.4) is 0 Å². The summed E-state index contributed by atoms with van der Waals surface area (Å²) in [6, 6.07) is 0. The average molecular weight is 489 g/mol. The Kier molecular flexibility index (Phi) is 7.43. The zero-order chi connectivity index (χ0) is 25.3. The van der Waals surface area contributed by atoms with Gasteiger partial charge in [0.15, 0.2) is 12.3 Å². The van der Waals surface area contributed by atoms with Gasteiger partial charge in [-0.2, -0.15) is 0 Å². The summed E-state index contributed by atoms with van der Waals surface area (Å²) in [6.45, 7) is 6.18. The number of hydrogen-bond donors (Lipinski definition) is 2. The molecule has 194 valence electrons. The number of nitrogen functional groups attached to an aromatic ring is 1. The predicted molar refractivity (Wildman–Crippen MR) is 134 cm³/mol. The summed E-state index contributed by atoms with van der Waals surface area (Å²) >= 11 is 0. The lowest BCUT2D eigenvalue weighted by molar-refractivity contribution is -0.172. The van der Waals surface area contributed by atoms with Crippen LogP contribution in [-0.4, -0.2) is 34.6 Å². The first-order chi connectivity index (χ1) is 16.6. The van der Waals surface area contributed by atoms with Crippen molar-refractivity contribution in [3.8, 4) is 0 Å². The molecule has 1 aromatic rings. The van der Waals surface area contributed by atoms with E-state index in [1.54, 1.807) is 0 Å². The van der Waals surface area contributed by atoms with E-state index in [0.29, 0.717) is 37.1 Å². The van der Waals surface area contributed by atoms with Gasteiger partial charge in [0.1, 0.15) is 5.82 Å². The minimum Gasteiger partial charge on any atom is -0.455 e. The first kappa shape index (κ1) is 25.5. The van der Waals surface area contributed by atoms with Crippen LogP contribution < -0.4 is 21.9 Å². The summed E-state index contributed by atoms with van der Waals surface area (Å²) in [4.78, 5) is 55.3. The molecule has 0 aromatic carbocycles. The highest BCUT2D eigenvalue weighted by Gasteiger charge is 2.55. The molecule has 0 radical (unpaired) electrons. The number of anilines is 2. The van der Waals surface area contributed by atoms with E-state index >= 15 is 0 Å². The fraction of sp³-hybridized carbons (Fsp3) is 0.769. The summed E-state index contributed by atoms with van der Waals surface area (Å²) in [5.74, 6) is 1.24. The van der Waals surface area contributed by atoms with Gasteiger partial charge in [0.05, 0.1) is 5.41 Å². The van der Waals surface area contributed by atoms with Crippen LogP contribution in [0.1, 0.15) is 78.6 Å². The van der Waals surface area contributed by atoms with Crippen LogP contribution in [0.2, 0.25) is 0 Å². The van der Waals surface area contributed by atoms with E-state index in [2.05, 4.69) is 4.98 Å². The number of esters is 1. The highest BCUT2D eigenvalue weighted by atomic mass is 16.5. The molecule has 3 N–H and O–H groups in total. The Morgan fingerprint density at radius 2 is 1.74 bits per heavy atom. The Balaban J connectivity index is 1.53.